The standard InChI is InChI=1S/C15H22FNOS/c1-4-6-17-15-11-7-10(18-3)8-13(16)12(11)9-19-14(15)5-2/h7-8,14-15,17H,4-6,9H2,1-3H3. The fourth-order valence-electron chi connectivity index (χ4n) is 2.56. The molecule has 2 unspecified atom stereocenters. The van der Waals surface area contributed by atoms with Crippen molar-refractivity contribution in [1.29, 1.82) is 0 Å². The van der Waals surface area contributed by atoms with E-state index >= 15 is 0 Å². The average Bonchev–Trinajstić information content (AvgIpc) is 2.44. The quantitative estimate of drug-likeness (QED) is 0.885. The minimum absolute atomic E-state index is 0.139. The van der Waals surface area contributed by atoms with Crippen LogP contribution in [0.5, 0.6) is 5.75 Å². The molecule has 106 valence electrons. The van der Waals surface area contributed by atoms with Crippen LogP contribution in [0.4, 0.5) is 4.39 Å². The summed E-state index contributed by atoms with van der Waals surface area (Å²) in [6.45, 7) is 5.30. The zero-order valence-corrected chi connectivity index (χ0v) is 12.6. The van der Waals surface area contributed by atoms with Crippen LogP contribution in [-0.4, -0.2) is 18.9 Å². The zero-order chi connectivity index (χ0) is 13.8. The molecule has 0 saturated carbocycles. The van der Waals surface area contributed by atoms with Crippen LogP contribution in [0, 0.1) is 5.82 Å². The molecule has 2 rings (SSSR count). The molecule has 1 aromatic carbocycles. The van der Waals surface area contributed by atoms with Crippen molar-refractivity contribution >= 4 is 11.8 Å². The molecule has 0 aliphatic carbocycles. The van der Waals surface area contributed by atoms with Gasteiger partial charge in [-0.15, -0.1) is 0 Å². The summed E-state index contributed by atoms with van der Waals surface area (Å²) < 4.78 is 19.3. The highest BCUT2D eigenvalue weighted by atomic mass is 32.2. The molecule has 2 nitrogen and oxygen atoms in total. The molecule has 1 heterocycles. The van der Waals surface area contributed by atoms with Crippen molar-refractivity contribution in [1.82, 2.24) is 5.32 Å². The van der Waals surface area contributed by atoms with Crippen LogP contribution < -0.4 is 10.1 Å². The van der Waals surface area contributed by atoms with E-state index < -0.39 is 0 Å². The van der Waals surface area contributed by atoms with E-state index in [9.17, 15) is 4.39 Å². The number of rotatable bonds is 5. The van der Waals surface area contributed by atoms with Gasteiger partial charge in [0.25, 0.3) is 0 Å². The monoisotopic (exact) mass is 283 g/mol. The van der Waals surface area contributed by atoms with Gasteiger partial charge < -0.3 is 10.1 Å². The third kappa shape index (κ3) is 3.06. The number of ether oxygens (including phenoxy) is 1. The van der Waals surface area contributed by atoms with Gasteiger partial charge in [-0.3, -0.25) is 0 Å². The molecule has 0 radical (unpaired) electrons. The Morgan fingerprint density at radius 2 is 2.21 bits per heavy atom. The Morgan fingerprint density at radius 1 is 1.42 bits per heavy atom. The largest absolute Gasteiger partial charge is 0.497 e. The van der Waals surface area contributed by atoms with Gasteiger partial charge in [0, 0.05) is 28.7 Å². The number of hydrogen-bond acceptors (Lipinski definition) is 3. The summed E-state index contributed by atoms with van der Waals surface area (Å²) in [5.41, 5.74) is 1.92. The number of hydrogen-bond donors (Lipinski definition) is 1. The molecular formula is C15H22FNOS. The predicted molar refractivity (Wildman–Crippen MR) is 79.4 cm³/mol. The van der Waals surface area contributed by atoms with Crippen molar-refractivity contribution in [3.63, 3.8) is 0 Å². The van der Waals surface area contributed by atoms with Gasteiger partial charge >= 0.3 is 0 Å². The minimum atomic E-state index is -0.139. The molecule has 2 atom stereocenters. The highest BCUT2D eigenvalue weighted by Crippen LogP contribution is 2.41. The Bertz CT molecular complexity index is 438. The van der Waals surface area contributed by atoms with Crippen LogP contribution in [0.15, 0.2) is 12.1 Å². The molecule has 0 amide bonds. The smallest absolute Gasteiger partial charge is 0.131 e. The van der Waals surface area contributed by atoms with Crippen LogP contribution in [-0.2, 0) is 5.75 Å². The lowest BCUT2D eigenvalue weighted by Gasteiger charge is -2.34. The fourth-order valence-corrected chi connectivity index (χ4v) is 3.92. The number of methoxy groups -OCH3 is 1. The van der Waals surface area contributed by atoms with Crippen molar-refractivity contribution < 1.29 is 9.13 Å². The summed E-state index contributed by atoms with van der Waals surface area (Å²) in [6, 6.07) is 3.71. The van der Waals surface area contributed by atoms with Crippen LogP contribution in [0.1, 0.15) is 43.9 Å². The van der Waals surface area contributed by atoms with Gasteiger partial charge in [-0.2, -0.15) is 11.8 Å². The molecule has 1 aliphatic heterocycles. The SMILES string of the molecule is CCCNC1c2cc(OC)cc(F)c2CSC1CC. The van der Waals surface area contributed by atoms with Crippen LogP contribution >= 0.6 is 11.8 Å². The van der Waals surface area contributed by atoms with Gasteiger partial charge in [0.15, 0.2) is 0 Å². The van der Waals surface area contributed by atoms with Gasteiger partial charge in [0.1, 0.15) is 11.6 Å². The Labute approximate surface area is 119 Å². The Hall–Kier alpha value is -0.740. The van der Waals surface area contributed by atoms with Crippen LogP contribution in [0.3, 0.4) is 0 Å². The van der Waals surface area contributed by atoms with Crippen LogP contribution in [0.25, 0.3) is 0 Å². The molecule has 0 fully saturated rings. The first-order chi connectivity index (χ1) is 9.21. The summed E-state index contributed by atoms with van der Waals surface area (Å²) in [4.78, 5) is 0. The Kier molecular flexibility index (Phi) is 5.11. The number of thioether (sulfide) groups is 1. The molecule has 0 saturated heterocycles. The van der Waals surface area contributed by atoms with Gasteiger partial charge in [-0.25, -0.2) is 4.39 Å². The van der Waals surface area contributed by atoms with Crippen molar-refractivity contribution in [2.75, 3.05) is 13.7 Å². The molecule has 4 heteroatoms. The first-order valence-corrected chi connectivity index (χ1v) is 7.97. The van der Waals surface area contributed by atoms with Gasteiger partial charge in [0.05, 0.1) is 7.11 Å². The second kappa shape index (κ2) is 6.62. The number of halogens is 1. The lowest BCUT2D eigenvalue weighted by Crippen LogP contribution is -2.34. The van der Waals surface area contributed by atoms with E-state index in [0.717, 1.165) is 36.3 Å². The van der Waals surface area contributed by atoms with E-state index in [1.54, 1.807) is 7.11 Å². The summed E-state index contributed by atoms with van der Waals surface area (Å²) in [6.07, 6.45) is 2.17. The molecule has 1 aromatic rings. The van der Waals surface area contributed by atoms with E-state index in [1.807, 2.05) is 17.8 Å². The maximum atomic E-state index is 14.1. The van der Waals surface area contributed by atoms with E-state index in [4.69, 9.17) is 4.74 Å². The van der Waals surface area contributed by atoms with Crippen LogP contribution in [0.2, 0.25) is 0 Å². The molecule has 1 aliphatic rings. The third-order valence-electron chi connectivity index (χ3n) is 3.60. The van der Waals surface area contributed by atoms with Gasteiger partial charge in [-0.1, -0.05) is 13.8 Å². The second-order valence-corrected chi connectivity index (χ2v) is 6.09. The minimum Gasteiger partial charge on any atom is -0.497 e. The summed E-state index contributed by atoms with van der Waals surface area (Å²) in [7, 11) is 1.59. The molecular weight excluding hydrogens is 261 g/mol. The van der Waals surface area contributed by atoms with Gasteiger partial charge in [0.2, 0.25) is 0 Å². The van der Waals surface area contributed by atoms with E-state index in [1.165, 1.54) is 6.07 Å². The highest BCUT2D eigenvalue weighted by molar-refractivity contribution is 7.99. The number of nitrogens with one attached hydrogen (secondary N) is 1. The van der Waals surface area contributed by atoms with Gasteiger partial charge in [-0.05, 0) is 31.0 Å². The van der Waals surface area contributed by atoms with Crippen molar-refractivity contribution in [2.45, 2.75) is 43.7 Å². The first-order valence-electron chi connectivity index (χ1n) is 6.92. The summed E-state index contributed by atoms with van der Waals surface area (Å²) in [5, 5.41) is 4.07. The lowest BCUT2D eigenvalue weighted by atomic mass is 9.95. The van der Waals surface area contributed by atoms with Crippen molar-refractivity contribution in [3.8, 4) is 5.75 Å². The topological polar surface area (TPSA) is 21.3 Å². The van der Waals surface area contributed by atoms with Crippen molar-refractivity contribution in [2.24, 2.45) is 0 Å². The molecule has 0 aromatic heterocycles. The molecule has 1 N–H and O–H groups in total. The fraction of sp³-hybridized carbons (Fsp3) is 0.600. The maximum Gasteiger partial charge on any atom is 0.131 e. The predicted octanol–water partition coefficient (Wildman–Crippen LogP) is 3.90. The van der Waals surface area contributed by atoms with E-state index in [0.29, 0.717) is 11.0 Å². The number of benzene rings is 1. The summed E-state index contributed by atoms with van der Waals surface area (Å²) >= 11 is 1.85. The maximum absolute atomic E-state index is 14.1. The third-order valence-corrected chi connectivity index (χ3v) is 5.09. The second-order valence-electron chi connectivity index (χ2n) is 4.87. The Morgan fingerprint density at radius 3 is 2.84 bits per heavy atom. The first kappa shape index (κ1) is 14.7. The zero-order valence-electron chi connectivity index (χ0n) is 11.8. The highest BCUT2D eigenvalue weighted by Gasteiger charge is 2.30. The van der Waals surface area contributed by atoms with E-state index in [-0.39, 0.29) is 11.9 Å². The lowest BCUT2D eigenvalue weighted by molar-refractivity contribution is 0.407. The number of fused-ring (bicyclic) bond motifs is 1. The Balaban J connectivity index is 2.38. The molecule has 0 spiro atoms. The van der Waals surface area contributed by atoms with Crippen molar-refractivity contribution in [3.05, 3.63) is 29.1 Å². The average molecular weight is 283 g/mol. The molecule has 0 bridgehead atoms. The van der Waals surface area contributed by atoms with E-state index in [2.05, 4.69) is 19.2 Å². The molecule has 19 heavy (non-hydrogen) atoms. The summed E-state index contributed by atoms with van der Waals surface area (Å²) in [5.74, 6) is 1.23. The normalized spacial score (nSPS) is 22.1.